The average Bonchev–Trinajstić information content (AvgIpc) is 2.82. The van der Waals surface area contributed by atoms with Crippen LogP contribution in [0.1, 0.15) is 35.5 Å². The summed E-state index contributed by atoms with van der Waals surface area (Å²) in [5, 5.41) is 9.86. The Kier molecular flexibility index (Phi) is 6.07. The SMILES string of the molecule is CC(C)(O)CCOc1cc(C(N)=O)cc2c(Br)c(C(F)(F)P(=O)(O)O)sc12. The number of alkyl halides is 2. The van der Waals surface area contributed by atoms with Crippen LogP contribution < -0.4 is 10.5 Å². The van der Waals surface area contributed by atoms with Crippen LogP contribution in [0, 0.1) is 0 Å². The van der Waals surface area contributed by atoms with E-state index in [0.29, 0.717) is 11.3 Å². The smallest absolute Gasteiger partial charge is 0.400 e. The van der Waals surface area contributed by atoms with Crippen molar-refractivity contribution in [1.82, 2.24) is 0 Å². The number of ether oxygens (including phenoxy) is 1. The van der Waals surface area contributed by atoms with Crippen LogP contribution in [0.5, 0.6) is 5.75 Å². The fourth-order valence-electron chi connectivity index (χ4n) is 2.13. The minimum atomic E-state index is -5.78. The number of hydrogen-bond donors (Lipinski definition) is 4. The lowest BCUT2D eigenvalue weighted by Gasteiger charge is -2.17. The molecular formula is C15H17BrF2NO6PS. The van der Waals surface area contributed by atoms with E-state index in [0.717, 1.165) is 0 Å². The first-order chi connectivity index (χ1) is 12.1. The number of fused-ring (bicyclic) bond motifs is 1. The Morgan fingerprint density at radius 2 is 1.96 bits per heavy atom. The second-order valence-electron chi connectivity index (χ2n) is 6.46. The number of carbonyl (C=O) groups excluding carboxylic acids is 1. The highest BCUT2D eigenvalue weighted by atomic mass is 79.9. The van der Waals surface area contributed by atoms with E-state index in [2.05, 4.69) is 15.9 Å². The van der Waals surface area contributed by atoms with E-state index in [-0.39, 0.29) is 38.9 Å². The van der Waals surface area contributed by atoms with Crippen LogP contribution in [0.25, 0.3) is 10.1 Å². The lowest BCUT2D eigenvalue weighted by Crippen LogP contribution is -2.21. The second-order valence-corrected chi connectivity index (χ2v) is 9.92. The first kappa shape index (κ1) is 22.2. The maximum Gasteiger partial charge on any atom is 0.400 e. The number of primary amides is 1. The molecule has 1 heterocycles. The summed E-state index contributed by atoms with van der Waals surface area (Å²) in [5.74, 6) is -0.783. The maximum absolute atomic E-state index is 14.2. The van der Waals surface area contributed by atoms with Gasteiger partial charge >= 0.3 is 13.3 Å². The highest BCUT2D eigenvalue weighted by molar-refractivity contribution is 9.10. The van der Waals surface area contributed by atoms with Crippen LogP contribution in [-0.2, 0) is 10.2 Å². The van der Waals surface area contributed by atoms with Gasteiger partial charge in [0.2, 0.25) is 5.91 Å². The van der Waals surface area contributed by atoms with Gasteiger partial charge in [-0.05, 0) is 41.9 Å². The predicted octanol–water partition coefficient (Wildman–Crippen LogP) is 3.53. The van der Waals surface area contributed by atoms with Gasteiger partial charge < -0.3 is 25.4 Å². The molecular weight excluding hydrogens is 471 g/mol. The zero-order chi connectivity index (χ0) is 20.8. The number of carbonyl (C=O) groups is 1. The molecule has 0 spiro atoms. The number of amides is 1. The van der Waals surface area contributed by atoms with Crippen molar-refractivity contribution in [3.8, 4) is 5.75 Å². The highest BCUT2D eigenvalue weighted by Crippen LogP contribution is 2.63. The number of benzene rings is 1. The zero-order valence-corrected chi connectivity index (χ0v) is 17.5. The average molecular weight is 488 g/mol. The van der Waals surface area contributed by atoms with E-state index in [1.54, 1.807) is 13.8 Å². The molecule has 27 heavy (non-hydrogen) atoms. The van der Waals surface area contributed by atoms with Crippen LogP contribution in [0.3, 0.4) is 0 Å². The van der Waals surface area contributed by atoms with E-state index in [1.807, 2.05) is 0 Å². The van der Waals surface area contributed by atoms with E-state index < -0.39 is 29.6 Å². The summed E-state index contributed by atoms with van der Waals surface area (Å²) in [6, 6.07) is 2.50. The first-order valence-corrected chi connectivity index (χ1v) is 10.7. The van der Waals surface area contributed by atoms with Crippen molar-refractivity contribution < 1.29 is 37.8 Å². The zero-order valence-electron chi connectivity index (χ0n) is 14.2. The Morgan fingerprint density at radius 1 is 1.37 bits per heavy atom. The Morgan fingerprint density at radius 3 is 2.44 bits per heavy atom. The fraction of sp³-hybridized carbons (Fsp3) is 0.400. The number of aliphatic hydroxyl groups is 1. The van der Waals surface area contributed by atoms with Gasteiger partial charge in [-0.2, -0.15) is 8.78 Å². The van der Waals surface area contributed by atoms with Gasteiger partial charge in [-0.15, -0.1) is 11.3 Å². The molecule has 0 atom stereocenters. The van der Waals surface area contributed by atoms with Gasteiger partial charge in [0, 0.05) is 21.8 Å². The lowest BCUT2D eigenvalue weighted by molar-refractivity contribution is 0.0555. The topological polar surface area (TPSA) is 130 Å². The lowest BCUT2D eigenvalue weighted by atomic mass is 10.1. The van der Waals surface area contributed by atoms with Crippen LogP contribution in [-0.4, -0.2) is 33.0 Å². The summed E-state index contributed by atoms with van der Waals surface area (Å²) in [7, 11) is -5.78. The molecule has 1 amide bonds. The standard InChI is InChI=1S/C15H17BrF2NO6PS/c1-14(2,21)3-4-25-9-6-7(13(19)20)5-8-10(16)12(27-11(8)9)15(17,18)26(22,23)24/h5-6,21H,3-4H2,1-2H3,(H2,19,20)(H2,22,23,24). The van der Waals surface area contributed by atoms with Gasteiger partial charge in [-0.25, -0.2) is 0 Å². The molecule has 0 aliphatic rings. The molecule has 0 unspecified atom stereocenters. The van der Waals surface area contributed by atoms with Crippen LogP contribution in [0.4, 0.5) is 8.78 Å². The Labute approximate surface area is 165 Å². The normalized spacial score (nSPS) is 13.2. The quantitative estimate of drug-likeness (QED) is 0.442. The predicted molar refractivity (Wildman–Crippen MR) is 100 cm³/mol. The highest BCUT2D eigenvalue weighted by Gasteiger charge is 2.53. The maximum atomic E-state index is 14.2. The number of thiophene rings is 1. The molecule has 0 saturated heterocycles. The van der Waals surface area contributed by atoms with E-state index >= 15 is 0 Å². The van der Waals surface area contributed by atoms with E-state index in [1.165, 1.54) is 12.1 Å². The van der Waals surface area contributed by atoms with Crippen molar-refractivity contribution in [2.45, 2.75) is 31.5 Å². The van der Waals surface area contributed by atoms with Crippen molar-refractivity contribution in [2.24, 2.45) is 5.73 Å². The molecule has 7 nitrogen and oxygen atoms in total. The molecule has 0 saturated carbocycles. The van der Waals surface area contributed by atoms with Gasteiger partial charge in [-0.1, -0.05) is 0 Å². The van der Waals surface area contributed by atoms with E-state index in [9.17, 15) is 23.2 Å². The van der Waals surface area contributed by atoms with Gasteiger partial charge in [-0.3, -0.25) is 9.36 Å². The Bertz CT molecular complexity index is 937. The summed E-state index contributed by atoms with van der Waals surface area (Å²) < 4.78 is 45.1. The minimum absolute atomic E-state index is 0.0144. The number of rotatable bonds is 7. The molecule has 1 aromatic heterocycles. The number of nitrogens with two attached hydrogens (primary N) is 1. The monoisotopic (exact) mass is 487 g/mol. The van der Waals surface area contributed by atoms with Crippen LogP contribution in [0.2, 0.25) is 0 Å². The summed E-state index contributed by atoms with van der Waals surface area (Å²) in [4.78, 5) is 28.7. The third-order valence-electron chi connectivity index (χ3n) is 3.59. The van der Waals surface area contributed by atoms with Crippen molar-refractivity contribution in [3.63, 3.8) is 0 Å². The van der Waals surface area contributed by atoms with E-state index in [4.69, 9.17) is 20.3 Å². The molecule has 2 rings (SSSR count). The van der Waals surface area contributed by atoms with Crippen LogP contribution in [0.15, 0.2) is 16.6 Å². The molecule has 0 fully saturated rings. The van der Waals surface area contributed by atoms with Crippen molar-refractivity contribution >= 4 is 50.9 Å². The van der Waals surface area contributed by atoms with Crippen molar-refractivity contribution in [2.75, 3.05) is 6.61 Å². The Balaban J connectivity index is 2.63. The third-order valence-corrected chi connectivity index (χ3v) is 7.07. The fourth-order valence-corrected chi connectivity index (χ4v) is 5.10. The summed E-state index contributed by atoms with van der Waals surface area (Å²) >= 11 is 3.37. The molecule has 1 aromatic carbocycles. The number of hydrogen-bond acceptors (Lipinski definition) is 5. The van der Waals surface area contributed by atoms with Crippen molar-refractivity contribution in [1.29, 1.82) is 0 Å². The van der Waals surface area contributed by atoms with Crippen LogP contribution >= 0.6 is 34.9 Å². The molecule has 5 N–H and O–H groups in total. The summed E-state index contributed by atoms with van der Waals surface area (Å²) in [6.45, 7) is 3.14. The van der Waals surface area contributed by atoms with Crippen molar-refractivity contribution in [3.05, 3.63) is 27.0 Å². The minimum Gasteiger partial charge on any atom is -0.492 e. The molecule has 0 bridgehead atoms. The largest absolute Gasteiger partial charge is 0.492 e. The summed E-state index contributed by atoms with van der Waals surface area (Å²) in [5.41, 5.74) is -0.215. The molecule has 12 heteroatoms. The Hall–Kier alpha value is -1.10. The number of halogens is 3. The molecule has 0 aliphatic carbocycles. The summed E-state index contributed by atoms with van der Waals surface area (Å²) in [6.07, 6.45) is 0.216. The first-order valence-electron chi connectivity index (χ1n) is 7.50. The molecule has 0 aliphatic heterocycles. The van der Waals surface area contributed by atoms with Gasteiger partial charge in [0.1, 0.15) is 10.6 Å². The molecule has 2 aromatic rings. The second kappa shape index (κ2) is 7.38. The van der Waals surface area contributed by atoms with Gasteiger partial charge in [0.25, 0.3) is 0 Å². The molecule has 150 valence electrons. The van der Waals surface area contributed by atoms with Gasteiger partial charge in [0.15, 0.2) is 0 Å². The molecule has 0 radical (unpaired) electrons. The third kappa shape index (κ3) is 4.67. The van der Waals surface area contributed by atoms with Gasteiger partial charge in [0.05, 0.1) is 16.9 Å².